The van der Waals surface area contributed by atoms with Crippen LogP contribution >= 0.6 is 0 Å². The van der Waals surface area contributed by atoms with Gasteiger partial charge in [-0.05, 0) is 17.7 Å². The lowest BCUT2D eigenvalue weighted by molar-refractivity contribution is 0.564. The van der Waals surface area contributed by atoms with Gasteiger partial charge < -0.3 is 5.73 Å². The predicted octanol–water partition coefficient (Wildman–Crippen LogP) is 1.42. The molecule has 0 unspecified atom stereocenters. The van der Waals surface area contributed by atoms with Gasteiger partial charge in [-0.2, -0.15) is 5.10 Å². The van der Waals surface area contributed by atoms with E-state index in [1.54, 1.807) is 11.0 Å². The highest BCUT2D eigenvalue weighted by molar-refractivity contribution is 5.32. The fourth-order valence-corrected chi connectivity index (χ4v) is 1.52. The van der Waals surface area contributed by atoms with Crippen LogP contribution in [0.15, 0.2) is 24.8 Å². The molecule has 0 radical (unpaired) electrons. The summed E-state index contributed by atoms with van der Waals surface area (Å²) in [5.74, 6) is 0.760. The summed E-state index contributed by atoms with van der Waals surface area (Å²) in [4.78, 5) is 8.53. The van der Waals surface area contributed by atoms with Crippen molar-refractivity contribution in [1.29, 1.82) is 0 Å². The average Bonchev–Trinajstić information content (AvgIpc) is 2.80. The number of nitrogens with two attached hydrogens (primary N) is 1. The highest BCUT2D eigenvalue weighted by Gasteiger charge is 2.17. The first-order valence-corrected chi connectivity index (χ1v) is 5.57. The average molecular weight is 231 g/mol. The Morgan fingerprint density at radius 1 is 1.29 bits per heavy atom. The number of hydrogen-bond donors (Lipinski definition) is 1. The third-order valence-corrected chi connectivity index (χ3v) is 2.53. The summed E-state index contributed by atoms with van der Waals surface area (Å²) in [5, 5.41) is 4.09. The standard InChI is InChI=1S/C12H17N5/c1-12(2,3)10-4-9(6-13)5-11(16-10)17-8-14-7-15-17/h4-5,7-8H,6,13H2,1-3H3. The van der Waals surface area contributed by atoms with E-state index in [1.807, 2.05) is 12.1 Å². The van der Waals surface area contributed by atoms with Crippen molar-refractivity contribution in [3.8, 4) is 5.82 Å². The van der Waals surface area contributed by atoms with Crippen molar-refractivity contribution in [2.75, 3.05) is 0 Å². The molecule has 0 aromatic carbocycles. The molecule has 5 nitrogen and oxygen atoms in total. The second-order valence-corrected chi connectivity index (χ2v) is 5.01. The first-order valence-electron chi connectivity index (χ1n) is 5.57. The van der Waals surface area contributed by atoms with Gasteiger partial charge in [0.15, 0.2) is 5.82 Å². The zero-order valence-corrected chi connectivity index (χ0v) is 10.4. The van der Waals surface area contributed by atoms with Crippen molar-refractivity contribution in [3.05, 3.63) is 36.0 Å². The van der Waals surface area contributed by atoms with Crippen LogP contribution in [0, 0.1) is 0 Å². The summed E-state index contributed by atoms with van der Waals surface area (Å²) < 4.78 is 1.65. The maximum absolute atomic E-state index is 5.71. The quantitative estimate of drug-likeness (QED) is 0.848. The van der Waals surface area contributed by atoms with Gasteiger partial charge in [-0.15, -0.1) is 0 Å². The molecule has 5 heteroatoms. The molecule has 0 fully saturated rings. The van der Waals surface area contributed by atoms with Crippen LogP contribution < -0.4 is 5.73 Å². The Kier molecular flexibility index (Phi) is 2.93. The molecule has 0 aliphatic carbocycles. The van der Waals surface area contributed by atoms with Crippen LogP contribution in [0.5, 0.6) is 0 Å². The molecule has 2 aromatic rings. The summed E-state index contributed by atoms with van der Waals surface area (Å²) in [6.07, 6.45) is 3.13. The van der Waals surface area contributed by atoms with Crippen molar-refractivity contribution < 1.29 is 0 Å². The molecule has 17 heavy (non-hydrogen) atoms. The van der Waals surface area contributed by atoms with Gasteiger partial charge in [-0.3, -0.25) is 0 Å². The monoisotopic (exact) mass is 231 g/mol. The highest BCUT2D eigenvalue weighted by Crippen LogP contribution is 2.22. The van der Waals surface area contributed by atoms with E-state index in [2.05, 4.69) is 35.8 Å². The SMILES string of the molecule is CC(C)(C)c1cc(CN)cc(-n2cncn2)n1. The van der Waals surface area contributed by atoms with E-state index in [1.165, 1.54) is 6.33 Å². The Morgan fingerprint density at radius 3 is 2.59 bits per heavy atom. The fraction of sp³-hybridized carbons (Fsp3) is 0.417. The Hall–Kier alpha value is -1.75. The maximum Gasteiger partial charge on any atom is 0.155 e. The minimum absolute atomic E-state index is 0.0134. The summed E-state index contributed by atoms with van der Waals surface area (Å²) >= 11 is 0. The van der Waals surface area contributed by atoms with Gasteiger partial charge in [0.1, 0.15) is 12.7 Å². The van der Waals surface area contributed by atoms with Gasteiger partial charge in [-0.25, -0.2) is 14.6 Å². The van der Waals surface area contributed by atoms with Gasteiger partial charge >= 0.3 is 0 Å². The number of aromatic nitrogens is 4. The maximum atomic E-state index is 5.71. The molecule has 0 aliphatic heterocycles. The zero-order chi connectivity index (χ0) is 12.5. The van der Waals surface area contributed by atoms with Crippen molar-refractivity contribution in [2.24, 2.45) is 5.73 Å². The van der Waals surface area contributed by atoms with Crippen molar-refractivity contribution >= 4 is 0 Å². The van der Waals surface area contributed by atoms with Crippen molar-refractivity contribution in [1.82, 2.24) is 19.7 Å². The second-order valence-electron chi connectivity index (χ2n) is 5.01. The van der Waals surface area contributed by atoms with Crippen molar-refractivity contribution in [3.63, 3.8) is 0 Å². The largest absolute Gasteiger partial charge is 0.326 e. The Bertz CT molecular complexity index is 496. The molecule has 0 saturated carbocycles. The summed E-state index contributed by atoms with van der Waals surface area (Å²) in [6, 6.07) is 3.98. The third-order valence-electron chi connectivity index (χ3n) is 2.53. The normalized spacial score (nSPS) is 11.8. The van der Waals surface area contributed by atoms with Crippen LogP contribution in [0.3, 0.4) is 0 Å². The summed E-state index contributed by atoms with van der Waals surface area (Å²) in [5.41, 5.74) is 7.75. The minimum Gasteiger partial charge on any atom is -0.326 e. The van der Waals surface area contributed by atoms with Gasteiger partial charge in [0.2, 0.25) is 0 Å². The first-order chi connectivity index (χ1) is 8.00. The van der Waals surface area contributed by atoms with Crippen LogP contribution in [0.2, 0.25) is 0 Å². The Labute approximate surface area is 101 Å². The Morgan fingerprint density at radius 2 is 2.06 bits per heavy atom. The van der Waals surface area contributed by atoms with Crippen LogP contribution in [0.1, 0.15) is 32.0 Å². The van der Waals surface area contributed by atoms with Crippen molar-refractivity contribution in [2.45, 2.75) is 32.7 Å². The number of pyridine rings is 1. The lowest BCUT2D eigenvalue weighted by Crippen LogP contribution is -2.16. The minimum atomic E-state index is -0.0134. The van der Waals surface area contributed by atoms with E-state index in [4.69, 9.17) is 5.73 Å². The van der Waals surface area contributed by atoms with E-state index < -0.39 is 0 Å². The van der Waals surface area contributed by atoms with Gasteiger partial charge in [0.25, 0.3) is 0 Å². The van der Waals surface area contributed by atoms with E-state index in [-0.39, 0.29) is 5.41 Å². The fourth-order valence-electron chi connectivity index (χ4n) is 1.52. The molecular weight excluding hydrogens is 214 g/mol. The highest BCUT2D eigenvalue weighted by atomic mass is 15.3. The van der Waals surface area contributed by atoms with Crippen LogP contribution in [-0.2, 0) is 12.0 Å². The smallest absolute Gasteiger partial charge is 0.155 e. The topological polar surface area (TPSA) is 69.6 Å². The van der Waals surface area contributed by atoms with Gasteiger partial charge in [0, 0.05) is 17.7 Å². The van der Waals surface area contributed by atoms with Gasteiger partial charge in [-0.1, -0.05) is 20.8 Å². The van der Waals surface area contributed by atoms with E-state index in [9.17, 15) is 0 Å². The molecule has 0 amide bonds. The van der Waals surface area contributed by atoms with E-state index >= 15 is 0 Å². The molecule has 0 aliphatic rings. The molecule has 2 rings (SSSR count). The van der Waals surface area contributed by atoms with Crippen LogP contribution in [0.25, 0.3) is 5.82 Å². The number of nitrogens with zero attached hydrogens (tertiary/aromatic N) is 4. The molecule has 0 saturated heterocycles. The lowest BCUT2D eigenvalue weighted by Gasteiger charge is -2.19. The predicted molar refractivity (Wildman–Crippen MR) is 65.7 cm³/mol. The molecule has 2 aromatic heterocycles. The van der Waals surface area contributed by atoms with Crippen LogP contribution in [0.4, 0.5) is 0 Å². The summed E-state index contributed by atoms with van der Waals surface area (Å²) in [6.45, 7) is 6.87. The number of rotatable bonds is 2. The zero-order valence-electron chi connectivity index (χ0n) is 10.4. The third kappa shape index (κ3) is 2.50. The lowest BCUT2D eigenvalue weighted by atomic mass is 9.91. The van der Waals surface area contributed by atoms with Gasteiger partial charge in [0.05, 0.1) is 0 Å². The molecular formula is C12H17N5. The van der Waals surface area contributed by atoms with E-state index in [0.717, 1.165) is 17.1 Å². The molecule has 2 N–H and O–H groups in total. The molecule has 0 spiro atoms. The molecule has 0 bridgehead atoms. The Balaban J connectivity index is 2.54. The second kappa shape index (κ2) is 4.25. The molecule has 0 atom stereocenters. The first kappa shape index (κ1) is 11.7. The molecule has 2 heterocycles. The molecule has 90 valence electrons. The van der Waals surface area contributed by atoms with Crippen LogP contribution in [-0.4, -0.2) is 19.7 Å². The number of hydrogen-bond acceptors (Lipinski definition) is 4. The van der Waals surface area contributed by atoms with E-state index in [0.29, 0.717) is 6.54 Å². The summed E-state index contributed by atoms with van der Waals surface area (Å²) in [7, 11) is 0.